The molecule has 3 aromatic rings. The van der Waals surface area contributed by atoms with Gasteiger partial charge in [0.15, 0.2) is 17.2 Å². The number of nitriles is 1. The van der Waals surface area contributed by atoms with Gasteiger partial charge in [-0.05, 0) is 56.4 Å². The number of nitrogens with zero attached hydrogens (tertiary/aromatic N) is 4. The van der Waals surface area contributed by atoms with Crippen LogP contribution in [0, 0.1) is 24.2 Å². The van der Waals surface area contributed by atoms with Crippen LogP contribution in [0.4, 0.5) is 11.5 Å². The number of carboxylic acid groups (broad SMARTS) is 1. The molecule has 3 N–H and O–H groups in total. The fourth-order valence-electron chi connectivity index (χ4n) is 3.45. The highest BCUT2D eigenvalue weighted by Crippen LogP contribution is 2.31. The summed E-state index contributed by atoms with van der Waals surface area (Å²) in [4.78, 5) is 24.7. The van der Waals surface area contributed by atoms with Crippen molar-refractivity contribution in [3.05, 3.63) is 51.9 Å². The molecule has 1 fully saturated rings. The van der Waals surface area contributed by atoms with Gasteiger partial charge in [0.2, 0.25) is 0 Å². The summed E-state index contributed by atoms with van der Waals surface area (Å²) < 4.78 is 0. The first kappa shape index (κ1) is 20.8. The van der Waals surface area contributed by atoms with Crippen LogP contribution in [0.25, 0.3) is 11.0 Å². The van der Waals surface area contributed by atoms with Crippen molar-refractivity contribution in [3.63, 3.8) is 0 Å². The Labute approximate surface area is 184 Å². The van der Waals surface area contributed by atoms with Gasteiger partial charge in [-0.1, -0.05) is 17.7 Å². The molecule has 1 atom stereocenters. The highest BCUT2D eigenvalue weighted by atomic mass is 35.5. The van der Waals surface area contributed by atoms with E-state index >= 15 is 0 Å². The molecule has 0 saturated heterocycles. The molecular weight excluding hydrogens is 416 g/mol. The SMILES string of the molecule is Cc1cc(C(C)Nc2ccc(Cl)nc2C(=O)O)c2nc(NCC3CC3)c(C#N)nc2c1. The third kappa shape index (κ3) is 4.52. The molecule has 1 aliphatic carbocycles. The summed E-state index contributed by atoms with van der Waals surface area (Å²) in [5.74, 6) is -0.0798. The van der Waals surface area contributed by atoms with E-state index in [2.05, 4.69) is 26.7 Å². The number of aryl methyl sites for hydroxylation is 1. The first-order valence-corrected chi connectivity index (χ1v) is 10.4. The summed E-state index contributed by atoms with van der Waals surface area (Å²) in [5.41, 5.74) is 3.54. The lowest BCUT2D eigenvalue weighted by molar-refractivity contribution is 0.0691. The Kier molecular flexibility index (Phi) is 5.61. The highest BCUT2D eigenvalue weighted by Gasteiger charge is 2.23. The number of hydrogen-bond donors (Lipinski definition) is 3. The van der Waals surface area contributed by atoms with E-state index in [1.165, 1.54) is 18.9 Å². The largest absolute Gasteiger partial charge is 0.476 e. The number of carboxylic acids is 1. The standard InChI is InChI=1S/C22H21ClN6O2/c1-11-7-14(12(2)26-15-5-6-18(23)28-20(15)22(30)31)19-16(8-11)27-17(9-24)21(29-19)25-10-13-3-4-13/h5-8,12-13,26H,3-4,10H2,1-2H3,(H,25,29)(H,30,31). The number of anilines is 2. The molecule has 0 amide bonds. The van der Waals surface area contributed by atoms with Gasteiger partial charge in [0.1, 0.15) is 11.2 Å². The van der Waals surface area contributed by atoms with Crippen LogP contribution in [-0.4, -0.2) is 32.6 Å². The van der Waals surface area contributed by atoms with Crippen molar-refractivity contribution in [1.29, 1.82) is 5.26 Å². The van der Waals surface area contributed by atoms with Crippen molar-refractivity contribution < 1.29 is 9.90 Å². The smallest absolute Gasteiger partial charge is 0.356 e. The van der Waals surface area contributed by atoms with Gasteiger partial charge in [-0.25, -0.2) is 19.7 Å². The Hall–Kier alpha value is -3.44. The Balaban J connectivity index is 1.74. The van der Waals surface area contributed by atoms with E-state index in [0.717, 1.165) is 17.7 Å². The number of halogens is 1. The van der Waals surface area contributed by atoms with Gasteiger partial charge in [-0.3, -0.25) is 0 Å². The Morgan fingerprint density at radius 3 is 2.77 bits per heavy atom. The van der Waals surface area contributed by atoms with E-state index in [1.54, 1.807) is 6.07 Å². The van der Waals surface area contributed by atoms with Crippen molar-refractivity contribution in [2.75, 3.05) is 17.2 Å². The van der Waals surface area contributed by atoms with E-state index in [9.17, 15) is 15.2 Å². The zero-order valence-electron chi connectivity index (χ0n) is 17.1. The van der Waals surface area contributed by atoms with E-state index in [-0.39, 0.29) is 22.6 Å². The normalized spacial score (nSPS) is 14.1. The number of fused-ring (bicyclic) bond motifs is 1. The second-order valence-electron chi connectivity index (χ2n) is 7.78. The van der Waals surface area contributed by atoms with Gasteiger partial charge in [0, 0.05) is 12.1 Å². The fourth-order valence-corrected chi connectivity index (χ4v) is 3.60. The number of aromatic nitrogens is 3. The van der Waals surface area contributed by atoms with Gasteiger partial charge in [-0.2, -0.15) is 5.26 Å². The molecule has 2 aromatic heterocycles. The maximum atomic E-state index is 11.6. The Morgan fingerprint density at radius 2 is 2.10 bits per heavy atom. The lowest BCUT2D eigenvalue weighted by Gasteiger charge is -2.19. The summed E-state index contributed by atoms with van der Waals surface area (Å²) in [7, 11) is 0. The number of pyridine rings is 1. The van der Waals surface area contributed by atoms with Gasteiger partial charge in [0.25, 0.3) is 0 Å². The Morgan fingerprint density at radius 1 is 1.32 bits per heavy atom. The maximum Gasteiger partial charge on any atom is 0.356 e. The predicted molar refractivity (Wildman–Crippen MR) is 118 cm³/mol. The second-order valence-corrected chi connectivity index (χ2v) is 8.17. The summed E-state index contributed by atoms with van der Waals surface area (Å²) in [6, 6.07) is 8.82. The zero-order chi connectivity index (χ0) is 22.1. The lowest BCUT2D eigenvalue weighted by Crippen LogP contribution is -2.14. The molecule has 8 nitrogen and oxygen atoms in total. The maximum absolute atomic E-state index is 11.6. The average molecular weight is 437 g/mol. The second kappa shape index (κ2) is 8.36. The highest BCUT2D eigenvalue weighted by molar-refractivity contribution is 6.29. The number of rotatable bonds is 7. The van der Waals surface area contributed by atoms with Crippen molar-refractivity contribution >= 4 is 40.1 Å². The van der Waals surface area contributed by atoms with E-state index in [0.29, 0.717) is 28.5 Å². The van der Waals surface area contributed by atoms with Crippen LogP contribution in [0.1, 0.15) is 53.1 Å². The number of nitrogens with one attached hydrogen (secondary N) is 2. The summed E-state index contributed by atoms with van der Waals surface area (Å²) in [6.45, 7) is 4.61. The van der Waals surface area contributed by atoms with Crippen LogP contribution in [-0.2, 0) is 0 Å². The van der Waals surface area contributed by atoms with Crippen LogP contribution >= 0.6 is 11.6 Å². The summed E-state index contributed by atoms with van der Waals surface area (Å²) >= 11 is 5.86. The van der Waals surface area contributed by atoms with E-state index < -0.39 is 5.97 Å². The molecule has 1 aromatic carbocycles. The fraction of sp³-hybridized carbons (Fsp3) is 0.318. The minimum absolute atomic E-state index is 0.109. The van der Waals surface area contributed by atoms with Crippen molar-refractivity contribution in [2.45, 2.75) is 32.7 Å². The molecule has 0 aliphatic heterocycles. The molecule has 0 spiro atoms. The van der Waals surface area contributed by atoms with E-state index in [1.807, 2.05) is 26.0 Å². The molecule has 2 heterocycles. The van der Waals surface area contributed by atoms with Gasteiger partial charge < -0.3 is 15.7 Å². The van der Waals surface area contributed by atoms with Crippen LogP contribution in [0.3, 0.4) is 0 Å². The van der Waals surface area contributed by atoms with Crippen molar-refractivity contribution in [2.24, 2.45) is 5.92 Å². The van der Waals surface area contributed by atoms with Gasteiger partial charge >= 0.3 is 5.97 Å². The number of carbonyl (C=O) groups is 1. The summed E-state index contributed by atoms with van der Waals surface area (Å²) in [5, 5.41) is 25.6. The van der Waals surface area contributed by atoms with Crippen molar-refractivity contribution in [1.82, 2.24) is 15.0 Å². The van der Waals surface area contributed by atoms with Gasteiger partial charge in [-0.15, -0.1) is 0 Å². The van der Waals surface area contributed by atoms with Crippen LogP contribution in [0.15, 0.2) is 24.3 Å². The molecule has 0 radical (unpaired) electrons. The molecule has 31 heavy (non-hydrogen) atoms. The first-order chi connectivity index (χ1) is 14.9. The molecule has 1 saturated carbocycles. The quantitative estimate of drug-likeness (QED) is 0.460. The third-order valence-corrected chi connectivity index (χ3v) is 5.42. The topological polar surface area (TPSA) is 124 Å². The third-order valence-electron chi connectivity index (χ3n) is 5.21. The molecule has 9 heteroatoms. The minimum atomic E-state index is -1.17. The predicted octanol–water partition coefficient (Wildman–Crippen LogP) is 4.55. The number of benzene rings is 1. The molecule has 4 rings (SSSR count). The van der Waals surface area contributed by atoms with E-state index in [4.69, 9.17) is 16.6 Å². The number of hydrogen-bond acceptors (Lipinski definition) is 7. The van der Waals surface area contributed by atoms with Gasteiger partial charge in [0.05, 0.1) is 22.8 Å². The average Bonchev–Trinajstić information content (AvgIpc) is 3.56. The van der Waals surface area contributed by atoms with Crippen LogP contribution in [0.5, 0.6) is 0 Å². The molecule has 1 aliphatic rings. The first-order valence-electron chi connectivity index (χ1n) is 9.98. The molecule has 0 bridgehead atoms. The summed E-state index contributed by atoms with van der Waals surface area (Å²) in [6.07, 6.45) is 2.37. The zero-order valence-corrected chi connectivity index (χ0v) is 17.9. The van der Waals surface area contributed by atoms with Crippen molar-refractivity contribution in [3.8, 4) is 6.07 Å². The lowest BCUT2D eigenvalue weighted by atomic mass is 10.0. The molecule has 158 valence electrons. The van der Waals surface area contributed by atoms with Crippen LogP contribution in [0.2, 0.25) is 5.15 Å². The van der Waals surface area contributed by atoms with Crippen LogP contribution < -0.4 is 10.6 Å². The minimum Gasteiger partial charge on any atom is -0.476 e. The number of aromatic carboxylic acids is 1. The monoisotopic (exact) mass is 436 g/mol. The molecule has 1 unspecified atom stereocenters. The molecular formula is C22H21ClN6O2. The Bertz CT molecular complexity index is 1220.